The second-order valence-electron chi connectivity index (χ2n) is 5.42. The second kappa shape index (κ2) is 6.88. The van der Waals surface area contributed by atoms with E-state index in [4.69, 9.17) is 0 Å². The molecule has 0 radical (unpaired) electrons. The average molecular weight is 302 g/mol. The Morgan fingerprint density at radius 2 is 1.57 bits per heavy atom. The van der Waals surface area contributed by atoms with Crippen LogP contribution in [0.25, 0.3) is 0 Å². The molecule has 3 heteroatoms. The molecule has 3 nitrogen and oxygen atoms in total. The Hall–Kier alpha value is -2.94. The summed E-state index contributed by atoms with van der Waals surface area (Å²) >= 11 is 0. The lowest BCUT2D eigenvalue weighted by atomic mass is 10.1. The van der Waals surface area contributed by atoms with Crippen LogP contribution in [0.15, 0.2) is 84.1 Å². The summed E-state index contributed by atoms with van der Waals surface area (Å²) in [5.41, 5.74) is 3.91. The van der Waals surface area contributed by atoms with Gasteiger partial charge in [-0.15, -0.1) is 0 Å². The summed E-state index contributed by atoms with van der Waals surface area (Å²) in [6.07, 6.45) is 2.56. The number of rotatable bonds is 4. The van der Waals surface area contributed by atoms with Crippen molar-refractivity contribution < 1.29 is 9.78 Å². The SMILES string of the molecule is Cc1ccc[n+](/N=C(\[O-])c2ccccc2)c1Cc1ccccc1. The van der Waals surface area contributed by atoms with Crippen LogP contribution in [0, 0.1) is 6.92 Å². The Morgan fingerprint density at radius 3 is 2.26 bits per heavy atom. The summed E-state index contributed by atoms with van der Waals surface area (Å²) in [7, 11) is 0. The number of aryl methyl sites for hydroxylation is 1. The maximum Gasteiger partial charge on any atom is 0.221 e. The Labute approximate surface area is 136 Å². The molecule has 23 heavy (non-hydrogen) atoms. The minimum absolute atomic E-state index is 0.240. The number of aromatic nitrogens is 1. The van der Waals surface area contributed by atoms with Gasteiger partial charge >= 0.3 is 0 Å². The van der Waals surface area contributed by atoms with Crippen LogP contribution in [0.4, 0.5) is 0 Å². The number of benzene rings is 2. The molecule has 3 aromatic rings. The zero-order chi connectivity index (χ0) is 16.1. The van der Waals surface area contributed by atoms with Crippen LogP contribution in [0.3, 0.4) is 0 Å². The van der Waals surface area contributed by atoms with Crippen molar-refractivity contribution in [2.75, 3.05) is 0 Å². The smallest absolute Gasteiger partial charge is 0.221 e. The van der Waals surface area contributed by atoms with Gasteiger partial charge in [0.05, 0.1) is 12.3 Å². The third-order valence-electron chi connectivity index (χ3n) is 3.74. The molecule has 1 aromatic heterocycles. The highest BCUT2D eigenvalue weighted by molar-refractivity contribution is 5.89. The highest BCUT2D eigenvalue weighted by Crippen LogP contribution is 2.10. The van der Waals surface area contributed by atoms with Crippen LogP contribution in [-0.4, -0.2) is 5.90 Å². The lowest BCUT2D eigenvalue weighted by molar-refractivity contribution is -0.688. The maximum atomic E-state index is 12.3. The molecule has 0 fully saturated rings. The topological polar surface area (TPSA) is 39.3 Å². The highest BCUT2D eigenvalue weighted by Gasteiger charge is 2.14. The summed E-state index contributed by atoms with van der Waals surface area (Å²) in [5, 5.41) is 16.6. The van der Waals surface area contributed by atoms with E-state index in [1.54, 1.807) is 16.8 Å². The molecule has 0 unspecified atom stereocenters. The monoisotopic (exact) mass is 302 g/mol. The van der Waals surface area contributed by atoms with E-state index in [1.807, 2.05) is 61.7 Å². The first-order valence-electron chi connectivity index (χ1n) is 7.59. The predicted molar refractivity (Wildman–Crippen MR) is 89.0 cm³/mol. The van der Waals surface area contributed by atoms with Crippen molar-refractivity contribution in [2.24, 2.45) is 5.10 Å². The molecule has 0 atom stereocenters. The molecule has 0 bridgehead atoms. The van der Waals surface area contributed by atoms with E-state index in [1.165, 1.54) is 5.56 Å². The fourth-order valence-corrected chi connectivity index (χ4v) is 2.48. The van der Waals surface area contributed by atoms with Gasteiger partial charge in [0.15, 0.2) is 0 Å². The van der Waals surface area contributed by atoms with Gasteiger partial charge in [-0.1, -0.05) is 65.3 Å². The average Bonchev–Trinajstić information content (AvgIpc) is 2.59. The number of nitrogens with zero attached hydrogens (tertiary/aromatic N) is 2. The van der Waals surface area contributed by atoms with Crippen molar-refractivity contribution >= 4 is 5.90 Å². The summed E-state index contributed by atoms with van der Waals surface area (Å²) < 4.78 is 1.69. The van der Waals surface area contributed by atoms with Crippen LogP contribution in [0.2, 0.25) is 0 Å². The van der Waals surface area contributed by atoms with E-state index in [-0.39, 0.29) is 5.90 Å². The van der Waals surface area contributed by atoms with Gasteiger partial charge in [0.25, 0.3) is 0 Å². The van der Waals surface area contributed by atoms with Gasteiger partial charge in [-0.25, -0.2) is 0 Å². The number of pyridine rings is 1. The molecule has 0 aliphatic carbocycles. The fourth-order valence-electron chi connectivity index (χ4n) is 2.48. The molecule has 0 N–H and O–H groups in total. The predicted octanol–water partition coefficient (Wildman–Crippen LogP) is 2.44. The minimum atomic E-state index is -0.240. The molecule has 2 aromatic carbocycles. The van der Waals surface area contributed by atoms with Crippen LogP contribution in [-0.2, 0) is 6.42 Å². The first-order chi connectivity index (χ1) is 11.2. The van der Waals surface area contributed by atoms with Crippen LogP contribution < -0.4 is 9.78 Å². The standard InChI is InChI=1S/C20H18N2O/c1-16-9-8-14-22(19(16)15-17-10-4-2-5-11-17)21-20(23)18-12-6-3-7-13-18/h2-14H,15H2,1H3. The normalized spacial score (nSPS) is 11.4. The van der Waals surface area contributed by atoms with Crippen molar-refractivity contribution in [3.8, 4) is 0 Å². The molecule has 0 amide bonds. The molecule has 0 saturated carbocycles. The third-order valence-corrected chi connectivity index (χ3v) is 3.74. The van der Waals surface area contributed by atoms with Crippen molar-refractivity contribution in [3.63, 3.8) is 0 Å². The van der Waals surface area contributed by atoms with Crippen molar-refractivity contribution in [1.29, 1.82) is 0 Å². The van der Waals surface area contributed by atoms with Gasteiger partial charge in [-0.3, -0.25) is 0 Å². The van der Waals surface area contributed by atoms with Gasteiger partial charge in [0.2, 0.25) is 11.9 Å². The quantitative estimate of drug-likeness (QED) is 0.414. The molecule has 1 heterocycles. The van der Waals surface area contributed by atoms with Gasteiger partial charge in [-0.2, -0.15) is 0 Å². The van der Waals surface area contributed by atoms with Crippen LogP contribution in [0.1, 0.15) is 22.4 Å². The highest BCUT2D eigenvalue weighted by atomic mass is 16.3. The summed E-state index contributed by atoms with van der Waals surface area (Å²) in [5.74, 6) is -0.240. The van der Waals surface area contributed by atoms with Gasteiger partial charge < -0.3 is 5.11 Å². The molecule has 0 saturated heterocycles. The lowest BCUT2D eigenvalue weighted by Crippen LogP contribution is -2.38. The molecule has 0 spiro atoms. The maximum absolute atomic E-state index is 12.3. The molecule has 0 aliphatic rings. The van der Waals surface area contributed by atoms with E-state index in [0.717, 1.165) is 17.7 Å². The van der Waals surface area contributed by atoms with E-state index in [2.05, 4.69) is 17.2 Å². The second-order valence-corrected chi connectivity index (χ2v) is 5.42. The van der Waals surface area contributed by atoms with Crippen molar-refractivity contribution in [3.05, 3.63) is 101 Å². The van der Waals surface area contributed by atoms with Gasteiger partial charge in [-0.05, 0) is 29.2 Å². The van der Waals surface area contributed by atoms with Crippen LogP contribution >= 0.6 is 0 Å². The zero-order valence-corrected chi connectivity index (χ0v) is 13.0. The summed E-state index contributed by atoms with van der Waals surface area (Å²) in [6, 6.07) is 23.3. The van der Waals surface area contributed by atoms with E-state index in [9.17, 15) is 5.11 Å². The molecule has 114 valence electrons. The van der Waals surface area contributed by atoms with E-state index < -0.39 is 0 Å². The largest absolute Gasteiger partial charge is 0.854 e. The first kappa shape index (κ1) is 15.0. The Morgan fingerprint density at radius 1 is 0.913 bits per heavy atom. The Kier molecular flexibility index (Phi) is 4.48. The van der Waals surface area contributed by atoms with Gasteiger partial charge in [0, 0.05) is 11.6 Å². The van der Waals surface area contributed by atoms with Crippen molar-refractivity contribution in [2.45, 2.75) is 13.3 Å². The van der Waals surface area contributed by atoms with E-state index >= 15 is 0 Å². The molecule has 0 aliphatic heterocycles. The number of hydrogen-bond donors (Lipinski definition) is 0. The Bertz CT molecular complexity index is 812. The van der Waals surface area contributed by atoms with Crippen molar-refractivity contribution in [1.82, 2.24) is 0 Å². The lowest BCUT2D eigenvalue weighted by Gasteiger charge is -2.08. The molecular formula is C20H18N2O. The third kappa shape index (κ3) is 3.64. The first-order valence-corrected chi connectivity index (χ1v) is 7.59. The van der Waals surface area contributed by atoms with Crippen LogP contribution in [0.5, 0.6) is 0 Å². The molecule has 3 rings (SSSR count). The zero-order valence-electron chi connectivity index (χ0n) is 13.0. The van der Waals surface area contributed by atoms with Gasteiger partial charge in [0.1, 0.15) is 0 Å². The Balaban J connectivity index is 1.98. The van der Waals surface area contributed by atoms with E-state index in [0.29, 0.717) is 5.56 Å². The number of hydrogen-bond acceptors (Lipinski definition) is 2. The minimum Gasteiger partial charge on any atom is -0.854 e. The summed E-state index contributed by atoms with van der Waals surface area (Å²) in [6.45, 7) is 2.04. The fraction of sp³-hybridized carbons (Fsp3) is 0.100. The molecular weight excluding hydrogens is 284 g/mol. The summed E-state index contributed by atoms with van der Waals surface area (Å²) in [4.78, 5) is 0.